The lowest BCUT2D eigenvalue weighted by atomic mass is 9.82. The zero-order valence-electron chi connectivity index (χ0n) is 28.7. The summed E-state index contributed by atoms with van der Waals surface area (Å²) in [5, 5.41) is 15.5. The van der Waals surface area contributed by atoms with Gasteiger partial charge in [0.2, 0.25) is 0 Å². The molecule has 0 amide bonds. The molecule has 0 radical (unpaired) electrons. The summed E-state index contributed by atoms with van der Waals surface area (Å²) in [7, 11) is 1.00. The minimum atomic E-state index is -0.500. The number of ether oxygens (including phenoxy) is 1. The van der Waals surface area contributed by atoms with Gasteiger partial charge in [0, 0.05) is 67.1 Å². The standard InChI is InChI=1S/C32H39N3O2S.C4H10O.CH4O/c1-6-37-27-9-11-28(12-10-27)38-35-20-25-8-7-24(19-26(25)21-35)30-23(3)33-22(2)29(13-18-36)31(30)34-16-14-32(4,5)15-17-34;1-4(2,3)5;1-2/h7-12,18-19H,6,13-17,20-21H2,1-5H3;5H,1-3H3;2H,1H3. The van der Waals surface area contributed by atoms with E-state index in [0.29, 0.717) is 18.4 Å². The third-order valence-corrected chi connectivity index (χ3v) is 8.93. The molecule has 0 saturated carbocycles. The molecule has 0 unspecified atom stereocenters. The normalized spacial score (nSPS) is 15.8. The van der Waals surface area contributed by atoms with Crippen LogP contribution in [0.5, 0.6) is 5.75 Å². The van der Waals surface area contributed by atoms with Gasteiger partial charge in [-0.1, -0.05) is 26.0 Å². The fraction of sp³-hybridized carbons (Fsp3) is 0.514. The molecule has 246 valence electrons. The minimum absolute atomic E-state index is 0.358. The Morgan fingerprint density at radius 1 is 0.978 bits per heavy atom. The number of hydrogen-bond donors (Lipinski definition) is 2. The number of pyridine rings is 1. The van der Waals surface area contributed by atoms with Gasteiger partial charge >= 0.3 is 0 Å². The number of aryl methyl sites for hydroxylation is 2. The van der Waals surface area contributed by atoms with E-state index in [9.17, 15) is 4.79 Å². The van der Waals surface area contributed by atoms with Crippen molar-refractivity contribution >= 4 is 23.9 Å². The van der Waals surface area contributed by atoms with Gasteiger partial charge in [-0.3, -0.25) is 4.98 Å². The number of anilines is 1. The highest BCUT2D eigenvalue weighted by atomic mass is 32.2. The number of hydrogen-bond acceptors (Lipinski definition) is 8. The fourth-order valence-corrected chi connectivity index (χ4v) is 6.69. The first kappa shape index (κ1) is 36.6. The van der Waals surface area contributed by atoms with Gasteiger partial charge in [-0.2, -0.15) is 0 Å². The zero-order chi connectivity index (χ0) is 33.4. The Morgan fingerprint density at radius 3 is 2.16 bits per heavy atom. The van der Waals surface area contributed by atoms with Crippen molar-refractivity contribution in [3.8, 4) is 16.9 Å². The summed E-state index contributed by atoms with van der Waals surface area (Å²) in [6.45, 7) is 20.6. The quantitative estimate of drug-likeness (QED) is 0.194. The molecule has 8 heteroatoms. The van der Waals surface area contributed by atoms with Crippen LogP contribution in [-0.2, 0) is 24.3 Å². The number of nitrogens with zero attached hydrogens (tertiary/aromatic N) is 3. The smallest absolute Gasteiger partial charge is 0.124 e. The highest BCUT2D eigenvalue weighted by Gasteiger charge is 2.30. The van der Waals surface area contributed by atoms with E-state index >= 15 is 0 Å². The second-order valence-electron chi connectivity index (χ2n) is 13.5. The first-order chi connectivity index (χ1) is 21.3. The predicted octanol–water partition coefficient (Wildman–Crippen LogP) is 7.54. The number of carbonyl (C=O) groups is 1. The molecule has 0 spiro atoms. The van der Waals surface area contributed by atoms with E-state index < -0.39 is 5.60 Å². The molecule has 3 aromatic rings. The number of piperidine rings is 1. The number of aromatic nitrogens is 1. The maximum Gasteiger partial charge on any atom is 0.124 e. The van der Waals surface area contributed by atoms with Gasteiger partial charge in [0.05, 0.1) is 17.9 Å². The number of carbonyl (C=O) groups excluding carboxylic acids is 1. The third kappa shape index (κ3) is 10.3. The average molecular weight is 636 g/mol. The number of fused-ring (bicyclic) bond motifs is 1. The van der Waals surface area contributed by atoms with Crippen LogP contribution in [0.3, 0.4) is 0 Å². The Bertz CT molecular complexity index is 1400. The second-order valence-corrected chi connectivity index (χ2v) is 14.6. The highest BCUT2D eigenvalue weighted by molar-refractivity contribution is 7.97. The molecule has 2 N–H and O–H groups in total. The van der Waals surface area contributed by atoms with Gasteiger partial charge in [-0.05, 0) is 119 Å². The Balaban J connectivity index is 0.000000719. The summed E-state index contributed by atoms with van der Waals surface area (Å²) in [5.41, 5.74) is 9.29. The van der Waals surface area contributed by atoms with E-state index in [1.54, 1.807) is 32.7 Å². The lowest BCUT2D eigenvalue weighted by Crippen LogP contribution is -2.38. The van der Waals surface area contributed by atoms with Gasteiger partial charge in [0.1, 0.15) is 12.0 Å². The number of benzene rings is 2. The van der Waals surface area contributed by atoms with Crippen molar-refractivity contribution in [1.82, 2.24) is 9.29 Å². The topological polar surface area (TPSA) is 86.1 Å². The van der Waals surface area contributed by atoms with E-state index in [1.165, 1.54) is 32.8 Å². The first-order valence-corrected chi connectivity index (χ1v) is 16.7. The van der Waals surface area contributed by atoms with Crippen LogP contribution in [0.4, 0.5) is 5.69 Å². The molecule has 2 aromatic carbocycles. The van der Waals surface area contributed by atoms with Gasteiger partial charge in [-0.15, -0.1) is 0 Å². The maximum atomic E-state index is 11.7. The summed E-state index contributed by atoms with van der Waals surface area (Å²) in [4.78, 5) is 20.4. The molecular weight excluding hydrogens is 582 g/mol. The predicted molar refractivity (Wildman–Crippen MR) is 187 cm³/mol. The van der Waals surface area contributed by atoms with E-state index in [-0.39, 0.29) is 0 Å². The number of aliphatic hydroxyl groups is 2. The molecule has 45 heavy (non-hydrogen) atoms. The number of aldehydes is 1. The SMILES string of the molecule is CC(C)(C)O.CCOc1ccc(SN2Cc3ccc(-c4c(C)nc(C)c(CC=O)c4N4CCC(C)(C)CC4)cc3C2)cc1.CO. The Morgan fingerprint density at radius 2 is 1.58 bits per heavy atom. The van der Waals surface area contributed by atoms with Gasteiger partial charge in [-0.25, -0.2) is 4.31 Å². The van der Waals surface area contributed by atoms with Crippen LogP contribution in [0, 0.1) is 19.3 Å². The molecule has 2 aliphatic rings. The van der Waals surface area contributed by atoms with Crippen LogP contribution >= 0.6 is 11.9 Å². The number of aliphatic hydroxyl groups excluding tert-OH is 1. The average Bonchev–Trinajstić information content (AvgIpc) is 3.37. The van der Waals surface area contributed by atoms with E-state index in [4.69, 9.17) is 19.9 Å². The van der Waals surface area contributed by atoms with Crippen molar-refractivity contribution < 1.29 is 19.7 Å². The lowest BCUT2D eigenvalue weighted by molar-refractivity contribution is -0.107. The van der Waals surface area contributed by atoms with Crippen molar-refractivity contribution in [1.29, 1.82) is 0 Å². The molecule has 0 bridgehead atoms. The van der Waals surface area contributed by atoms with Crippen LogP contribution in [0.2, 0.25) is 0 Å². The molecule has 0 atom stereocenters. The number of rotatable bonds is 8. The largest absolute Gasteiger partial charge is 0.494 e. The van der Waals surface area contributed by atoms with Crippen LogP contribution in [0.15, 0.2) is 47.4 Å². The summed E-state index contributed by atoms with van der Waals surface area (Å²) in [6.07, 6.45) is 3.72. The van der Waals surface area contributed by atoms with E-state index in [1.807, 2.05) is 26.0 Å². The van der Waals surface area contributed by atoms with Gasteiger partial charge in [0.15, 0.2) is 0 Å². The molecule has 3 heterocycles. The highest BCUT2D eigenvalue weighted by Crippen LogP contribution is 2.43. The third-order valence-electron chi connectivity index (χ3n) is 7.93. The Kier molecular flexibility index (Phi) is 13.1. The van der Waals surface area contributed by atoms with E-state index in [2.05, 4.69) is 60.3 Å². The zero-order valence-corrected chi connectivity index (χ0v) is 29.6. The first-order valence-electron chi connectivity index (χ1n) is 15.9. The van der Waals surface area contributed by atoms with Crippen LogP contribution in [0.1, 0.15) is 82.5 Å². The minimum Gasteiger partial charge on any atom is -0.494 e. The molecule has 0 aliphatic carbocycles. The van der Waals surface area contributed by atoms with Crippen molar-refractivity contribution in [3.05, 3.63) is 70.5 Å². The van der Waals surface area contributed by atoms with Crippen LogP contribution < -0.4 is 9.64 Å². The lowest BCUT2D eigenvalue weighted by Gasteiger charge is -2.40. The Labute approximate surface area is 275 Å². The molecule has 5 rings (SSSR count). The second kappa shape index (κ2) is 16.1. The Hall–Kier alpha value is -2.91. The van der Waals surface area contributed by atoms with Gasteiger partial charge < -0.3 is 24.6 Å². The monoisotopic (exact) mass is 635 g/mol. The van der Waals surface area contributed by atoms with Crippen molar-refractivity contribution in [2.24, 2.45) is 5.41 Å². The molecular formula is C37H53N3O4S. The maximum absolute atomic E-state index is 11.7. The summed E-state index contributed by atoms with van der Waals surface area (Å²) >= 11 is 1.79. The molecule has 1 fully saturated rings. The summed E-state index contributed by atoms with van der Waals surface area (Å²) in [6, 6.07) is 15.2. The van der Waals surface area contributed by atoms with Crippen molar-refractivity contribution in [3.63, 3.8) is 0 Å². The van der Waals surface area contributed by atoms with Crippen molar-refractivity contribution in [2.75, 3.05) is 31.7 Å². The summed E-state index contributed by atoms with van der Waals surface area (Å²) in [5.74, 6) is 0.912. The molecule has 1 saturated heterocycles. The van der Waals surface area contributed by atoms with Crippen molar-refractivity contribution in [2.45, 2.75) is 98.2 Å². The molecule has 7 nitrogen and oxygen atoms in total. The van der Waals surface area contributed by atoms with Gasteiger partial charge in [0.25, 0.3) is 0 Å². The van der Waals surface area contributed by atoms with Crippen LogP contribution in [-0.4, -0.2) is 58.2 Å². The van der Waals surface area contributed by atoms with Crippen LogP contribution in [0.25, 0.3) is 11.1 Å². The summed E-state index contributed by atoms with van der Waals surface area (Å²) < 4.78 is 8.00. The fourth-order valence-electron chi connectivity index (χ4n) is 5.72. The molecule has 1 aromatic heterocycles. The molecule has 2 aliphatic heterocycles. The van der Waals surface area contributed by atoms with E-state index in [0.717, 1.165) is 75.1 Å².